The molecule has 1 saturated heterocycles. The third-order valence-electron chi connectivity index (χ3n) is 6.43. The number of hydrogen-bond donors (Lipinski definition) is 1. The van der Waals surface area contributed by atoms with Gasteiger partial charge in [-0.2, -0.15) is 0 Å². The van der Waals surface area contributed by atoms with Gasteiger partial charge in [0, 0.05) is 25.7 Å². The van der Waals surface area contributed by atoms with E-state index in [0.29, 0.717) is 10.8 Å². The predicted octanol–water partition coefficient (Wildman–Crippen LogP) is 5.10. The Bertz CT molecular complexity index is 873. The van der Waals surface area contributed by atoms with Crippen molar-refractivity contribution in [2.24, 2.45) is 0 Å². The summed E-state index contributed by atoms with van der Waals surface area (Å²) in [6.45, 7) is 2.77. The molecule has 4 nitrogen and oxygen atoms in total. The Kier molecular flexibility index (Phi) is 8.35. The maximum Gasteiger partial charge on any atom is 0.240 e. The van der Waals surface area contributed by atoms with E-state index < -0.39 is 10.0 Å². The first-order valence-electron chi connectivity index (χ1n) is 11.0. The summed E-state index contributed by atoms with van der Waals surface area (Å²) in [5, 5.41) is 0. The molecular weight excluding hydrogens is 416 g/mol. The minimum Gasteiger partial charge on any atom is -0.299 e. The minimum atomic E-state index is -3.45. The molecule has 0 atom stereocenters. The highest BCUT2D eigenvalue weighted by Crippen LogP contribution is 2.33. The Morgan fingerprint density at radius 1 is 0.833 bits per heavy atom. The largest absolute Gasteiger partial charge is 0.299 e. The van der Waals surface area contributed by atoms with Crippen LogP contribution in [0.5, 0.6) is 0 Å². The average Bonchev–Trinajstić information content (AvgIpc) is 2.76. The van der Waals surface area contributed by atoms with Crippen LogP contribution < -0.4 is 4.72 Å². The van der Waals surface area contributed by atoms with Crippen LogP contribution in [0.15, 0.2) is 59.5 Å². The van der Waals surface area contributed by atoms with Crippen molar-refractivity contribution in [3.05, 3.63) is 65.7 Å². The number of hydrogen-bond acceptors (Lipinski definition) is 3. The van der Waals surface area contributed by atoms with Gasteiger partial charge >= 0.3 is 0 Å². The number of sulfonamides is 1. The van der Waals surface area contributed by atoms with Crippen molar-refractivity contribution in [1.82, 2.24) is 9.62 Å². The maximum atomic E-state index is 12.8. The van der Waals surface area contributed by atoms with E-state index in [9.17, 15) is 8.42 Å². The fraction of sp³-hybridized carbons (Fsp3) is 0.500. The summed E-state index contributed by atoms with van der Waals surface area (Å²) in [5.74, 6) is 0.599. The highest BCUT2D eigenvalue weighted by Gasteiger charge is 2.25. The summed E-state index contributed by atoms with van der Waals surface area (Å²) in [7, 11) is -3.45. The molecule has 0 bridgehead atoms. The summed E-state index contributed by atoms with van der Waals surface area (Å²) < 4.78 is 28.6. The van der Waals surface area contributed by atoms with Gasteiger partial charge in [-0.15, -0.1) is 12.4 Å². The molecule has 1 saturated carbocycles. The van der Waals surface area contributed by atoms with Crippen LogP contribution >= 0.6 is 12.4 Å². The molecule has 0 unspecified atom stereocenters. The van der Waals surface area contributed by atoms with Gasteiger partial charge < -0.3 is 0 Å². The fourth-order valence-electron chi connectivity index (χ4n) is 4.69. The third kappa shape index (κ3) is 6.07. The van der Waals surface area contributed by atoms with E-state index in [-0.39, 0.29) is 18.4 Å². The number of likely N-dealkylation sites (tertiary alicyclic amines) is 1. The van der Waals surface area contributed by atoms with E-state index >= 15 is 0 Å². The molecule has 1 aliphatic carbocycles. The SMILES string of the molecule is Cl.O=S(=O)(NC1CCN(Cc2ccccc2)CC1)c1ccc(C2CCCCC2)cc1. The van der Waals surface area contributed by atoms with Crippen molar-refractivity contribution in [3.8, 4) is 0 Å². The molecule has 4 rings (SSSR count). The highest BCUT2D eigenvalue weighted by atomic mass is 35.5. The Morgan fingerprint density at radius 2 is 1.47 bits per heavy atom. The Labute approximate surface area is 187 Å². The molecule has 6 heteroatoms. The van der Waals surface area contributed by atoms with Gasteiger partial charge in [0.1, 0.15) is 0 Å². The molecule has 2 aliphatic rings. The molecule has 0 amide bonds. The standard InChI is InChI=1S/C24H32N2O2S.ClH/c27-29(28,24-13-11-22(12-14-24)21-9-5-2-6-10-21)25-23-15-17-26(18-16-23)19-20-7-3-1-4-8-20;/h1,3-4,7-8,11-14,21,23,25H,2,5-6,9-10,15-19H2;1H. The van der Waals surface area contributed by atoms with Crippen LogP contribution in [0.2, 0.25) is 0 Å². The van der Waals surface area contributed by atoms with E-state index in [4.69, 9.17) is 0 Å². The normalized spacial score (nSPS) is 19.3. The van der Waals surface area contributed by atoms with E-state index in [1.807, 2.05) is 18.2 Å². The molecule has 2 fully saturated rings. The molecule has 0 radical (unpaired) electrons. The summed E-state index contributed by atoms with van der Waals surface area (Å²) >= 11 is 0. The second-order valence-electron chi connectivity index (χ2n) is 8.56. The van der Waals surface area contributed by atoms with Crippen molar-refractivity contribution in [1.29, 1.82) is 0 Å². The van der Waals surface area contributed by atoms with Crippen LogP contribution in [0.1, 0.15) is 62.0 Å². The van der Waals surface area contributed by atoms with Crippen molar-refractivity contribution in [2.75, 3.05) is 13.1 Å². The van der Waals surface area contributed by atoms with E-state index in [1.165, 1.54) is 43.2 Å². The van der Waals surface area contributed by atoms with E-state index in [2.05, 4.69) is 33.9 Å². The minimum absolute atomic E-state index is 0. The molecule has 1 heterocycles. The van der Waals surface area contributed by atoms with Crippen LogP contribution in [0, 0.1) is 0 Å². The van der Waals surface area contributed by atoms with Gasteiger partial charge in [-0.1, -0.05) is 61.7 Å². The van der Waals surface area contributed by atoms with Crippen LogP contribution in [0.3, 0.4) is 0 Å². The predicted molar refractivity (Wildman–Crippen MR) is 125 cm³/mol. The number of rotatable bonds is 6. The van der Waals surface area contributed by atoms with Gasteiger partial charge in [-0.05, 0) is 54.9 Å². The lowest BCUT2D eigenvalue weighted by Gasteiger charge is -2.32. The van der Waals surface area contributed by atoms with Gasteiger partial charge in [0.2, 0.25) is 10.0 Å². The lowest BCUT2D eigenvalue weighted by Crippen LogP contribution is -2.44. The molecule has 0 spiro atoms. The van der Waals surface area contributed by atoms with Crippen molar-refractivity contribution in [2.45, 2.75) is 68.3 Å². The Hall–Kier alpha value is -1.40. The molecule has 30 heavy (non-hydrogen) atoms. The van der Waals surface area contributed by atoms with E-state index in [1.54, 1.807) is 12.1 Å². The molecular formula is C24H33ClN2O2S. The number of benzene rings is 2. The summed E-state index contributed by atoms with van der Waals surface area (Å²) in [6.07, 6.45) is 8.07. The molecule has 2 aromatic carbocycles. The summed E-state index contributed by atoms with van der Waals surface area (Å²) in [6, 6.07) is 18.1. The first kappa shape index (κ1) is 23.3. The van der Waals surface area contributed by atoms with Gasteiger partial charge in [0.05, 0.1) is 4.90 Å². The molecule has 2 aromatic rings. The van der Waals surface area contributed by atoms with Gasteiger partial charge in [-0.3, -0.25) is 4.90 Å². The molecule has 0 aromatic heterocycles. The molecule has 1 N–H and O–H groups in total. The monoisotopic (exact) mass is 448 g/mol. The van der Waals surface area contributed by atoms with Gasteiger partial charge in [-0.25, -0.2) is 13.1 Å². The van der Waals surface area contributed by atoms with Crippen LogP contribution in [-0.4, -0.2) is 32.4 Å². The van der Waals surface area contributed by atoms with Crippen molar-refractivity contribution >= 4 is 22.4 Å². The Morgan fingerprint density at radius 3 is 2.10 bits per heavy atom. The second kappa shape index (κ2) is 10.8. The first-order chi connectivity index (χ1) is 14.1. The molecule has 1 aliphatic heterocycles. The van der Waals surface area contributed by atoms with Crippen LogP contribution in [0.25, 0.3) is 0 Å². The van der Waals surface area contributed by atoms with Gasteiger partial charge in [0.15, 0.2) is 0 Å². The maximum absolute atomic E-state index is 12.8. The fourth-order valence-corrected chi connectivity index (χ4v) is 6.00. The van der Waals surface area contributed by atoms with Crippen LogP contribution in [0.4, 0.5) is 0 Å². The zero-order valence-corrected chi connectivity index (χ0v) is 19.1. The number of piperidine rings is 1. The van der Waals surface area contributed by atoms with Crippen LogP contribution in [-0.2, 0) is 16.6 Å². The quantitative estimate of drug-likeness (QED) is 0.668. The average molecular weight is 449 g/mol. The lowest BCUT2D eigenvalue weighted by molar-refractivity contribution is 0.200. The number of nitrogens with zero attached hydrogens (tertiary/aromatic N) is 1. The zero-order valence-electron chi connectivity index (χ0n) is 17.5. The number of halogens is 1. The zero-order chi connectivity index (χ0) is 20.1. The van der Waals surface area contributed by atoms with Crippen molar-refractivity contribution in [3.63, 3.8) is 0 Å². The van der Waals surface area contributed by atoms with E-state index in [0.717, 1.165) is 32.5 Å². The lowest BCUT2D eigenvalue weighted by atomic mass is 9.84. The summed E-state index contributed by atoms with van der Waals surface area (Å²) in [4.78, 5) is 2.79. The smallest absolute Gasteiger partial charge is 0.240 e. The second-order valence-corrected chi connectivity index (χ2v) is 10.3. The molecule has 164 valence electrons. The Balaban J connectivity index is 0.00000256. The van der Waals surface area contributed by atoms with Gasteiger partial charge in [0.25, 0.3) is 0 Å². The third-order valence-corrected chi connectivity index (χ3v) is 7.96. The first-order valence-corrected chi connectivity index (χ1v) is 12.5. The highest BCUT2D eigenvalue weighted by molar-refractivity contribution is 7.89. The topological polar surface area (TPSA) is 49.4 Å². The summed E-state index contributed by atoms with van der Waals surface area (Å²) in [5.41, 5.74) is 2.60. The van der Waals surface area contributed by atoms with Crippen molar-refractivity contribution < 1.29 is 8.42 Å². The number of nitrogens with one attached hydrogen (secondary N) is 1.